The quantitative estimate of drug-likeness (QED) is 0.807. The molecule has 1 N–H and O–H groups in total. The van der Waals surface area contributed by atoms with Gasteiger partial charge in [0.15, 0.2) is 5.17 Å². The monoisotopic (exact) mass is 244 g/mol. The lowest BCUT2D eigenvalue weighted by Gasteiger charge is -2.19. The van der Waals surface area contributed by atoms with Crippen molar-refractivity contribution in [1.82, 2.24) is 5.32 Å². The molecule has 0 aromatic rings. The third-order valence-electron chi connectivity index (χ3n) is 2.56. The number of aliphatic imine (C=N–C) groups is 1. The zero-order valence-electron chi connectivity index (χ0n) is 11.0. The average Bonchev–Trinajstić information content (AvgIpc) is 2.52. The molecule has 0 spiro atoms. The number of nitrogens with one attached hydrogen (secondary N) is 1. The second-order valence-corrected chi connectivity index (χ2v) is 6.17. The lowest BCUT2D eigenvalue weighted by Crippen LogP contribution is -2.37. The Balaban J connectivity index is 2.57. The maximum Gasteiger partial charge on any atom is 0.157 e. The molecule has 1 unspecified atom stereocenters. The number of nitrogens with zero attached hydrogens (tertiary/aromatic N) is 1. The Hall–Kier alpha value is -0.220. The van der Waals surface area contributed by atoms with Crippen LogP contribution in [-0.2, 0) is 4.74 Å². The summed E-state index contributed by atoms with van der Waals surface area (Å²) in [5.74, 6) is 1.61. The van der Waals surface area contributed by atoms with Crippen LogP contribution in [0.1, 0.15) is 34.6 Å². The molecule has 1 aliphatic heterocycles. The summed E-state index contributed by atoms with van der Waals surface area (Å²) in [6, 6.07) is 0.267. The third-order valence-corrected chi connectivity index (χ3v) is 3.91. The number of rotatable bonds is 5. The summed E-state index contributed by atoms with van der Waals surface area (Å²) in [4.78, 5) is 4.75. The first-order valence-electron chi connectivity index (χ1n) is 6.01. The Kier molecular flexibility index (Phi) is 5.12. The van der Waals surface area contributed by atoms with Gasteiger partial charge in [0, 0.05) is 17.9 Å². The summed E-state index contributed by atoms with van der Waals surface area (Å²) in [7, 11) is 0. The molecule has 4 heteroatoms. The molecular formula is C12H24N2OS. The molecule has 1 heterocycles. The molecule has 16 heavy (non-hydrogen) atoms. The van der Waals surface area contributed by atoms with Crippen molar-refractivity contribution in [3.63, 3.8) is 0 Å². The van der Waals surface area contributed by atoms with E-state index in [2.05, 4.69) is 33.0 Å². The predicted molar refractivity (Wildman–Crippen MR) is 72.2 cm³/mol. The Morgan fingerprint density at radius 3 is 2.62 bits per heavy atom. The van der Waals surface area contributed by atoms with Crippen molar-refractivity contribution in [1.29, 1.82) is 0 Å². The van der Waals surface area contributed by atoms with Gasteiger partial charge in [0.2, 0.25) is 0 Å². The van der Waals surface area contributed by atoms with Crippen molar-refractivity contribution in [2.75, 3.05) is 19.0 Å². The van der Waals surface area contributed by atoms with Gasteiger partial charge in [0.05, 0.1) is 12.6 Å². The number of amidine groups is 1. The van der Waals surface area contributed by atoms with Gasteiger partial charge >= 0.3 is 0 Å². The topological polar surface area (TPSA) is 33.6 Å². The molecule has 1 saturated heterocycles. The number of ether oxygens (including phenoxy) is 1. The molecule has 0 aromatic carbocycles. The zero-order valence-corrected chi connectivity index (χ0v) is 11.9. The maximum absolute atomic E-state index is 5.48. The van der Waals surface area contributed by atoms with Crippen LogP contribution in [0, 0.1) is 5.92 Å². The summed E-state index contributed by atoms with van der Waals surface area (Å²) >= 11 is 1.81. The summed E-state index contributed by atoms with van der Waals surface area (Å²) in [6.45, 7) is 12.3. The lowest BCUT2D eigenvalue weighted by atomic mass is 10.1. The largest absolute Gasteiger partial charge is 0.380 e. The van der Waals surface area contributed by atoms with Gasteiger partial charge in [-0.2, -0.15) is 0 Å². The standard InChI is InChI=1S/C12H24N2OS/c1-6-15-7-10(9(2)3)13-11-14-12(4,5)8-16-11/h9-10H,6-8H2,1-5H3,(H,13,14). The Bertz CT molecular complexity index is 251. The van der Waals surface area contributed by atoms with Gasteiger partial charge < -0.3 is 10.1 Å². The lowest BCUT2D eigenvalue weighted by molar-refractivity contribution is 0.122. The molecule has 1 aliphatic rings. The van der Waals surface area contributed by atoms with Crippen LogP contribution >= 0.6 is 11.8 Å². The van der Waals surface area contributed by atoms with E-state index in [1.165, 1.54) is 0 Å². The summed E-state index contributed by atoms with van der Waals surface area (Å²) in [6.07, 6.45) is 0. The Morgan fingerprint density at radius 2 is 2.19 bits per heavy atom. The molecular weight excluding hydrogens is 220 g/mol. The zero-order chi connectivity index (χ0) is 12.2. The molecule has 1 fully saturated rings. The highest BCUT2D eigenvalue weighted by Gasteiger charge is 2.28. The summed E-state index contributed by atoms with van der Waals surface area (Å²) in [5.41, 5.74) is 0.177. The summed E-state index contributed by atoms with van der Waals surface area (Å²) < 4.78 is 5.48. The number of hydrogen-bond donors (Lipinski definition) is 1. The van der Waals surface area contributed by atoms with Crippen LogP contribution in [0.4, 0.5) is 0 Å². The highest BCUT2D eigenvalue weighted by molar-refractivity contribution is 8.14. The molecule has 0 aliphatic carbocycles. The normalized spacial score (nSPS) is 23.8. The molecule has 1 atom stereocenters. The first-order chi connectivity index (χ1) is 7.44. The van der Waals surface area contributed by atoms with E-state index in [1.807, 2.05) is 18.7 Å². The van der Waals surface area contributed by atoms with Crippen LogP contribution in [0.15, 0.2) is 4.99 Å². The smallest absolute Gasteiger partial charge is 0.157 e. The maximum atomic E-state index is 5.48. The SMILES string of the molecule is CCOCC(N=C1NC(C)(C)CS1)C(C)C. The van der Waals surface area contributed by atoms with Crippen molar-refractivity contribution in [3.05, 3.63) is 0 Å². The van der Waals surface area contributed by atoms with E-state index >= 15 is 0 Å². The van der Waals surface area contributed by atoms with E-state index in [4.69, 9.17) is 9.73 Å². The van der Waals surface area contributed by atoms with Crippen LogP contribution in [0.5, 0.6) is 0 Å². The first-order valence-corrected chi connectivity index (χ1v) is 6.99. The Morgan fingerprint density at radius 1 is 1.50 bits per heavy atom. The van der Waals surface area contributed by atoms with Crippen LogP contribution in [0.3, 0.4) is 0 Å². The second-order valence-electron chi connectivity index (χ2n) is 5.20. The molecule has 0 aromatic heterocycles. The summed E-state index contributed by atoms with van der Waals surface area (Å²) in [5, 5.41) is 4.52. The molecule has 0 bridgehead atoms. The van der Waals surface area contributed by atoms with E-state index in [0.717, 1.165) is 24.1 Å². The van der Waals surface area contributed by atoms with Gasteiger partial charge in [-0.3, -0.25) is 4.99 Å². The minimum Gasteiger partial charge on any atom is -0.380 e. The van der Waals surface area contributed by atoms with Crippen LogP contribution < -0.4 is 5.32 Å². The molecule has 0 saturated carbocycles. The van der Waals surface area contributed by atoms with E-state index in [0.29, 0.717) is 5.92 Å². The van der Waals surface area contributed by atoms with E-state index in [1.54, 1.807) is 0 Å². The van der Waals surface area contributed by atoms with Crippen molar-refractivity contribution in [2.24, 2.45) is 10.9 Å². The van der Waals surface area contributed by atoms with Gasteiger partial charge in [-0.25, -0.2) is 0 Å². The van der Waals surface area contributed by atoms with Crippen molar-refractivity contribution < 1.29 is 4.74 Å². The molecule has 3 nitrogen and oxygen atoms in total. The van der Waals surface area contributed by atoms with Gasteiger partial charge in [-0.05, 0) is 26.7 Å². The second kappa shape index (κ2) is 5.92. The van der Waals surface area contributed by atoms with Gasteiger partial charge in [-0.15, -0.1) is 0 Å². The predicted octanol–water partition coefficient (Wildman–Crippen LogP) is 2.52. The highest BCUT2D eigenvalue weighted by Crippen LogP contribution is 2.23. The fraction of sp³-hybridized carbons (Fsp3) is 0.917. The van der Waals surface area contributed by atoms with E-state index in [-0.39, 0.29) is 11.6 Å². The minimum atomic E-state index is 0.177. The number of hydrogen-bond acceptors (Lipinski definition) is 3. The van der Waals surface area contributed by atoms with Crippen LogP contribution in [0.25, 0.3) is 0 Å². The highest BCUT2D eigenvalue weighted by atomic mass is 32.2. The van der Waals surface area contributed by atoms with Crippen LogP contribution in [-0.4, -0.2) is 35.7 Å². The molecule has 1 rings (SSSR count). The molecule has 0 radical (unpaired) electrons. The van der Waals surface area contributed by atoms with Crippen molar-refractivity contribution in [2.45, 2.75) is 46.2 Å². The average molecular weight is 244 g/mol. The van der Waals surface area contributed by atoms with Gasteiger partial charge in [0.25, 0.3) is 0 Å². The fourth-order valence-electron chi connectivity index (χ4n) is 1.45. The first kappa shape index (κ1) is 13.8. The van der Waals surface area contributed by atoms with E-state index < -0.39 is 0 Å². The van der Waals surface area contributed by atoms with Crippen molar-refractivity contribution >= 4 is 16.9 Å². The Labute approximate surface area is 103 Å². The molecule has 94 valence electrons. The van der Waals surface area contributed by atoms with Crippen LogP contribution in [0.2, 0.25) is 0 Å². The van der Waals surface area contributed by atoms with Gasteiger partial charge in [0.1, 0.15) is 0 Å². The molecule has 0 amide bonds. The number of thioether (sulfide) groups is 1. The minimum absolute atomic E-state index is 0.177. The fourth-order valence-corrected chi connectivity index (χ4v) is 2.58. The van der Waals surface area contributed by atoms with Crippen molar-refractivity contribution in [3.8, 4) is 0 Å². The van der Waals surface area contributed by atoms with Gasteiger partial charge in [-0.1, -0.05) is 25.6 Å². The van der Waals surface area contributed by atoms with E-state index in [9.17, 15) is 0 Å². The third kappa shape index (κ3) is 4.34.